The molecule has 0 aliphatic carbocycles. The van der Waals surface area contributed by atoms with Gasteiger partial charge in [-0.05, 0) is 49.6 Å². The van der Waals surface area contributed by atoms with E-state index >= 15 is 0 Å². The van der Waals surface area contributed by atoms with Gasteiger partial charge in [-0.25, -0.2) is 4.98 Å². The van der Waals surface area contributed by atoms with Crippen LogP contribution in [0.15, 0.2) is 47.8 Å². The number of thiazole rings is 1. The van der Waals surface area contributed by atoms with Crippen LogP contribution in [0.2, 0.25) is 0 Å². The number of hydrogen-bond acceptors (Lipinski definition) is 4. The first-order chi connectivity index (χ1) is 11.5. The number of ether oxygens (including phenoxy) is 1. The van der Waals surface area contributed by atoms with Crippen molar-refractivity contribution in [2.75, 3.05) is 0 Å². The monoisotopic (exact) mass is 338 g/mol. The summed E-state index contributed by atoms with van der Waals surface area (Å²) in [6.07, 6.45) is 0. The summed E-state index contributed by atoms with van der Waals surface area (Å²) in [5.41, 5.74) is 11.5. The van der Waals surface area contributed by atoms with Crippen molar-refractivity contribution in [3.63, 3.8) is 0 Å². The van der Waals surface area contributed by atoms with Crippen LogP contribution in [0, 0.1) is 13.8 Å². The van der Waals surface area contributed by atoms with Gasteiger partial charge in [0.15, 0.2) is 0 Å². The molecule has 2 N–H and O–H groups in total. The molecule has 0 aliphatic rings. The third-order valence-electron chi connectivity index (χ3n) is 4.02. The molecule has 3 nitrogen and oxygen atoms in total. The zero-order valence-electron chi connectivity index (χ0n) is 14.2. The molecular weight excluding hydrogens is 316 g/mol. The van der Waals surface area contributed by atoms with Crippen LogP contribution in [-0.2, 0) is 6.61 Å². The molecule has 0 saturated heterocycles. The first kappa shape index (κ1) is 16.7. The summed E-state index contributed by atoms with van der Waals surface area (Å²) in [5.74, 6) is 0.864. The lowest BCUT2D eigenvalue weighted by molar-refractivity contribution is 0.307. The third kappa shape index (κ3) is 3.66. The Hall–Kier alpha value is -2.17. The molecule has 0 aliphatic heterocycles. The molecule has 1 aromatic heterocycles. The van der Waals surface area contributed by atoms with E-state index in [1.807, 2.05) is 25.1 Å². The Balaban J connectivity index is 1.93. The number of nitrogens with two attached hydrogens (primary N) is 1. The van der Waals surface area contributed by atoms with Crippen molar-refractivity contribution in [3.05, 3.63) is 69.5 Å². The average Bonchev–Trinajstić information content (AvgIpc) is 3.06. The average molecular weight is 338 g/mol. The van der Waals surface area contributed by atoms with Crippen LogP contribution in [0.4, 0.5) is 0 Å². The number of benzene rings is 2. The fourth-order valence-corrected chi connectivity index (χ4v) is 3.24. The summed E-state index contributed by atoms with van der Waals surface area (Å²) in [6.45, 7) is 6.71. The summed E-state index contributed by atoms with van der Waals surface area (Å²) in [5, 5.41) is 3.00. The molecule has 4 heteroatoms. The van der Waals surface area contributed by atoms with Crippen molar-refractivity contribution in [1.82, 2.24) is 4.98 Å². The van der Waals surface area contributed by atoms with E-state index in [0.717, 1.165) is 27.6 Å². The summed E-state index contributed by atoms with van der Waals surface area (Å²) in [6, 6.07) is 14.4. The molecule has 0 radical (unpaired) electrons. The lowest BCUT2D eigenvalue weighted by Crippen LogP contribution is -2.04. The van der Waals surface area contributed by atoms with Gasteiger partial charge in [-0.1, -0.05) is 30.3 Å². The third-order valence-corrected chi connectivity index (χ3v) is 5.07. The van der Waals surface area contributed by atoms with Crippen LogP contribution in [-0.4, -0.2) is 4.98 Å². The molecule has 2 aromatic carbocycles. The lowest BCUT2D eigenvalue weighted by atomic mass is 10.0. The van der Waals surface area contributed by atoms with Gasteiger partial charge in [0.05, 0.1) is 11.7 Å². The van der Waals surface area contributed by atoms with E-state index in [1.54, 1.807) is 11.3 Å². The topological polar surface area (TPSA) is 48.1 Å². The van der Waals surface area contributed by atoms with E-state index in [0.29, 0.717) is 6.61 Å². The van der Waals surface area contributed by atoms with E-state index in [-0.39, 0.29) is 6.04 Å². The number of hydrogen-bond donors (Lipinski definition) is 1. The van der Waals surface area contributed by atoms with Gasteiger partial charge in [-0.3, -0.25) is 0 Å². The van der Waals surface area contributed by atoms with Gasteiger partial charge >= 0.3 is 0 Å². The molecule has 124 valence electrons. The maximum Gasteiger partial charge on any atom is 0.129 e. The van der Waals surface area contributed by atoms with E-state index in [1.165, 1.54) is 11.1 Å². The lowest BCUT2D eigenvalue weighted by Gasteiger charge is -2.13. The van der Waals surface area contributed by atoms with Gasteiger partial charge in [0.25, 0.3) is 0 Å². The van der Waals surface area contributed by atoms with E-state index in [2.05, 4.69) is 48.5 Å². The van der Waals surface area contributed by atoms with Crippen molar-refractivity contribution in [1.29, 1.82) is 0 Å². The second-order valence-electron chi connectivity index (χ2n) is 6.07. The normalized spacial score (nSPS) is 12.2. The highest BCUT2D eigenvalue weighted by molar-refractivity contribution is 7.10. The number of aryl methyl sites for hydroxylation is 2. The highest BCUT2D eigenvalue weighted by Crippen LogP contribution is 2.34. The quantitative estimate of drug-likeness (QED) is 0.710. The Morgan fingerprint density at radius 1 is 1.12 bits per heavy atom. The van der Waals surface area contributed by atoms with Crippen molar-refractivity contribution in [2.24, 2.45) is 5.73 Å². The molecule has 1 heterocycles. The number of nitrogens with zero attached hydrogens (tertiary/aromatic N) is 1. The van der Waals surface area contributed by atoms with Crippen LogP contribution in [0.5, 0.6) is 5.75 Å². The van der Waals surface area contributed by atoms with Crippen LogP contribution in [0.3, 0.4) is 0 Å². The molecule has 0 saturated carbocycles. The summed E-state index contributed by atoms with van der Waals surface area (Å²) in [7, 11) is 0. The molecule has 0 amide bonds. The van der Waals surface area contributed by atoms with Gasteiger partial charge in [-0.2, -0.15) is 0 Å². The van der Waals surface area contributed by atoms with Gasteiger partial charge in [0.2, 0.25) is 0 Å². The molecule has 3 rings (SSSR count). The van der Waals surface area contributed by atoms with E-state index in [4.69, 9.17) is 10.5 Å². The minimum Gasteiger partial charge on any atom is -0.488 e. The fourth-order valence-electron chi connectivity index (χ4n) is 2.47. The summed E-state index contributed by atoms with van der Waals surface area (Å²) >= 11 is 1.59. The smallest absolute Gasteiger partial charge is 0.129 e. The molecule has 0 fully saturated rings. The minimum absolute atomic E-state index is 0.0519. The Labute approximate surface area is 147 Å². The predicted molar refractivity (Wildman–Crippen MR) is 100 cm³/mol. The van der Waals surface area contributed by atoms with Crippen molar-refractivity contribution < 1.29 is 4.74 Å². The largest absolute Gasteiger partial charge is 0.488 e. The van der Waals surface area contributed by atoms with Gasteiger partial charge in [0.1, 0.15) is 17.4 Å². The molecular formula is C20H22N2OS. The van der Waals surface area contributed by atoms with Crippen LogP contribution >= 0.6 is 11.3 Å². The minimum atomic E-state index is -0.0519. The molecule has 0 spiro atoms. The van der Waals surface area contributed by atoms with Crippen LogP contribution in [0.25, 0.3) is 11.3 Å². The molecule has 1 unspecified atom stereocenters. The zero-order valence-corrected chi connectivity index (χ0v) is 15.1. The second kappa shape index (κ2) is 7.16. The second-order valence-corrected chi connectivity index (χ2v) is 6.96. The van der Waals surface area contributed by atoms with E-state index in [9.17, 15) is 0 Å². The van der Waals surface area contributed by atoms with Crippen molar-refractivity contribution in [3.8, 4) is 17.0 Å². The zero-order chi connectivity index (χ0) is 17.1. The van der Waals surface area contributed by atoms with Gasteiger partial charge in [-0.15, -0.1) is 11.3 Å². The Morgan fingerprint density at radius 3 is 2.50 bits per heavy atom. The van der Waals surface area contributed by atoms with Crippen molar-refractivity contribution >= 4 is 11.3 Å². The maximum atomic E-state index is 6.12. The molecule has 0 bridgehead atoms. The Morgan fingerprint density at radius 2 is 1.83 bits per heavy atom. The standard InChI is InChI=1S/C20H22N2OS/c1-13-9-17(18-12-24-20(22-18)15(3)21)19(10-14(13)2)23-11-16-7-5-4-6-8-16/h4-10,12,15H,11,21H2,1-3H3. The number of aromatic nitrogens is 1. The van der Waals surface area contributed by atoms with Gasteiger partial charge in [0, 0.05) is 10.9 Å². The predicted octanol–water partition coefficient (Wildman–Crippen LogP) is 5.03. The summed E-state index contributed by atoms with van der Waals surface area (Å²) in [4.78, 5) is 4.68. The van der Waals surface area contributed by atoms with Crippen molar-refractivity contribution in [2.45, 2.75) is 33.4 Å². The van der Waals surface area contributed by atoms with Crippen LogP contribution < -0.4 is 10.5 Å². The number of rotatable bonds is 5. The molecule has 3 aromatic rings. The SMILES string of the molecule is Cc1cc(OCc2ccccc2)c(-c2csc(C(C)N)n2)cc1C. The first-order valence-electron chi connectivity index (χ1n) is 8.04. The Bertz CT molecular complexity index is 825. The first-order valence-corrected chi connectivity index (χ1v) is 8.92. The Kier molecular flexibility index (Phi) is 4.97. The van der Waals surface area contributed by atoms with E-state index < -0.39 is 0 Å². The maximum absolute atomic E-state index is 6.12. The highest BCUT2D eigenvalue weighted by Gasteiger charge is 2.14. The fraction of sp³-hybridized carbons (Fsp3) is 0.250. The van der Waals surface area contributed by atoms with Gasteiger partial charge < -0.3 is 10.5 Å². The van der Waals surface area contributed by atoms with Crippen LogP contribution in [0.1, 0.15) is 34.7 Å². The highest BCUT2D eigenvalue weighted by atomic mass is 32.1. The summed E-state index contributed by atoms with van der Waals surface area (Å²) < 4.78 is 6.12. The molecule has 24 heavy (non-hydrogen) atoms. The molecule has 1 atom stereocenters.